The number of piperidine rings is 1. The Hall–Kier alpha value is -0.570. The number of nitrogens with one attached hydrogen (secondary N) is 2. The quantitative estimate of drug-likeness (QED) is 0.601. The van der Waals surface area contributed by atoms with Gasteiger partial charge < -0.3 is 10.6 Å². The highest BCUT2D eigenvalue weighted by molar-refractivity contribution is 5.76. The van der Waals surface area contributed by atoms with Gasteiger partial charge in [-0.1, -0.05) is 45.4 Å². The average molecular weight is 282 g/mol. The minimum absolute atomic E-state index is 0.254. The second-order valence-electron chi connectivity index (χ2n) is 6.31. The molecular formula is C17H34N2O. The van der Waals surface area contributed by atoms with E-state index in [9.17, 15) is 4.79 Å². The smallest absolute Gasteiger partial charge is 0.220 e. The summed E-state index contributed by atoms with van der Waals surface area (Å²) in [5.41, 5.74) is 0. The van der Waals surface area contributed by atoms with Crippen molar-refractivity contribution in [3.63, 3.8) is 0 Å². The van der Waals surface area contributed by atoms with E-state index in [4.69, 9.17) is 0 Å². The second kappa shape index (κ2) is 11.1. The van der Waals surface area contributed by atoms with Crippen LogP contribution in [0.15, 0.2) is 0 Å². The Morgan fingerprint density at radius 2 is 1.70 bits per heavy atom. The third kappa shape index (κ3) is 7.88. The van der Waals surface area contributed by atoms with Gasteiger partial charge in [-0.25, -0.2) is 0 Å². The monoisotopic (exact) mass is 282 g/mol. The van der Waals surface area contributed by atoms with E-state index in [1.807, 2.05) is 0 Å². The first kappa shape index (κ1) is 17.5. The molecule has 1 fully saturated rings. The van der Waals surface area contributed by atoms with Gasteiger partial charge in [0.2, 0.25) is 5.91 Å². The maximum absolute atomic E-state index is 11.9. The van der Waals surface area contributed by atoms with Gasteiger partial charge in [0.25, 0.3) is 0 Å². The number of carbonyl (C=O) groups excluding carboxylic acids is 1. The van der Waals surface area contributed by atoms with Crippen LogP contribution in [0.3, 0.4) is 0 Å². The third-order valence-corrected chi connectivity index (χ3v) is 4.49. The topological polar surface area (TPSA) is 41.1 Å². The molecule has 118 valence electrons. The summed E-state index contributed by atoms with van der Waals surface area (Å²) < 4.78 is 0. The van der Waals surface area contributed by atoms with Gasteiger partial charge in [0.15, 0.2) is 0 Å². The van der Waals surface area contributed by atoms with Gasteiger partial charge in [0, 0.05) is 12.5 Å². The summed E-state index contributed by atoms with van der Waals surface area (Å²) in [5.74, 6) is 0.916. The van der Waals surface area contributed by atoms with Crippen LogP contribution in [0.1, 0.15) is 78.1 Å². The molecule has 0 bridgehead atoms. The van der Waals surface area contributed by atoms with Crippen LogP contribution in [0.25, 0.3) is 0 Å². The van der Waals surface area contributed by atoms with E-state index in [-0.39, 0.29) is 5.91 Å². The van der Waals surface area contributed by atoms with E-state index in [0.717, 1.165) is 19.5 Å². The van der Waals surface area contributed by atoms with Crippen molar-refractivity contribution in [1.29, 1.82) is 0 Å². The normalized spacial score (nSPS) is 17.9. The second-order valence-corrected chi connectivity index (χ2v) is 6.31. The molecule has 2 N–H and O–H groups in total. The van der Waals surface area contributed by atoms with Gasteiger partial charge in [-0.2, -0.15) is 0 Å². The van der Waals surface area contributed by atoms with Crippen molar-refractivity contribution in [3.8, 4) is 0 Å². The van der Waals surface area contributed by atoms with Crippen LogP contribution in [-0.2, 0) is 4.79 Å². The number of unbranched alkanes of at least 4 members (excludes halogenated alkanes) is 6. The Kier molecular flexibility index (Phi) is 9.73. The lowest BCUT2D eigenvalue weighted by Crippen LogP contribution is -2.42. The molecule has 1 saturated heterocycles. The summed E-state index contributed by atoms with van der Waals surface area (Å²) in [5, 5.41) is 6.57. The van der Waals surface area contributed by atoms with Gasteiger partial charge in [0.05, 0.1) is 0 Å². The third-order valence-electron chi connectivity index (χ3n) is 4.49. The first-order chi connectivity index (χ1) is 9.74. The maximum Gasteiger partial charge on any atom is 0.220 e. The molecule has 1 aliphatic heterocycles. The van der Waals surface area contributed by atoms with Crippen molar-refractivity contribution >= 4 is 5.91 Å². The molecule has 0 aromatic heterocycles. The van der Waals surface area contributed by atoms with E-state index >= 15 is 0 Å². The Labute approximate surface area is 125 Å². The molecule has 1 heterocycles. The summed E-state index contributed by atoms with van der Waals surface area (Å²) in [6.45, 7) is 6.61. The summed E-state index contributed by atoms with van der Waals surface area (Å²) in [4.78, 5) is 11.9. The number of carbonyl (C=O) groups is 1. The molecule has 3 nitrogen and oxygen atoms in total. The fourth-order valence-corrected chi connectivity index (χ4v) is 3.03. The van der Waals surface area contributed by atoms with Gasteiger partial charge in [-0.15, -0.1) is 0 Å². The number of hydrogen-bond donors (Lipinski definition) is 2. The molecule has 0 aromatic carbocycles. The fourth-order valence-electron chi connectivity index (χ4n) is 3.03. The standard InChI is InChI=1S/C17H34N2O/c1-3-4-5-6-7-8-9-10-17(20)19-15(2)16-11-13-18-14-12-16/h15-16,18H,3-14H2,1-2H3,(H,19,20). The van der Waals surface area contributed by atoms with Crippen LogP contribution in [0.5, 0.6) is 0 Å². The summed E-state index contributed by atoms with van der Waals surface area (Å²) in [6, 6.07) is 0.342. The highest BCUT2D eigenvalue weighted by Crippen LogP contribution is 2.16. The summed E-state index contributed by atoms with van der Waals surface area (Å²) in [6.07, 6.45) is 12.0. The zero-order valence-electron chi connectivity index (χ0n) is 13.5. The average Bonchev–Trinajstić information content (AvgIpc) is 2.47. The molecule has 1 aliphatic rings. The maximum atomic E-state index is 11.9. The predicted molar refractivity (Wildman–Crippen MR) is 85.8 cm³/mol. The molecule has 1 rings (SSSR count). The Balaban J connectivity index is 1.99. The summed E-state index contributed by atoms with van der Waals surface area (Å²) >= 11 is 0. The first-order valence-electron chi connectivity index (χ1n) is 8.74. The van der Waals surface area contributed by atoms with Crippen molar-refractivity contribution in [2.75, 3.05) is 13.1 Å². The lowest BCUT2D eigenvalue weighted by molar-refractivity contribution is -0.122. The Morgan fingerprint density at radius 1 is 1.10 bits per heavy atom. The van der Waals surface area contributed by atoms with E-state index in [1.54, 1.807) is 0 Å². The number of hydrogen-bond acceptors (Lipinski definition) is 2. The Bertz CT molecular complexity index is 249. The van der Waals surface area contributed by atoms with Crippen molar-refractivity contribution in [3.05, 3.63) is 0 Å². The lowest BCUT2D eigenvalue weighted by Gasteiger charge is -2.28. The fraction of sp³-hybridized carbons (Fsp3) is 0.941. The molecule has 0 aromatic rings. The van der Waals surface area contributed by atoms with Crippen LogP contribution in [0.2, 0.25) is 0 Å². The van der Waals surface area contributed by atoms with Crippen molar-refractivity contribution in [2.24, 2.45) is 5.92 Å². The van der Waals surface area contributed by atoms with Gasteiger partial charge >= 0.3 is 0 Å². The molecule has 0 radical (unpaired) electrons. The molecule has 1 amide bonds. The van der Waals surface area contributed by atoms with Gasteiger partial charge in [-0.05, 0) is 45.2 Å². The SMILES string of the molecule is CCCCCCCCCC(=O)NC(C)C1CCNCC1. The largest absolute Gasteiger partial charge is 0.353 e. The minimum Gasteiger partial charge on any atom is -0.353 e. The van der Waals surface area contributed by atoms with Crippen molar-refractivity contribution < 1.29 is 4.79 Å². The van der Waals surface area contributed by atoms with E-state index in [1.165, 1.54) is 51.4 Å². The van der Waals surface area contributed by atoms with Gasteiger partial charge in [0.1, 0.15) is 0 Å². The van der Waals surface area contributed by atoms with Crippen LogP contribution >= 0.6 is 0 Å². The highest BCUT2D eigenvalue weighted by atomic mass is 16.1. The molecule has 1 atom stereocenters. The summed E-state index contributed by atoms with van der Waals surface area (Å²) in [7, 11) is 0. The highest BCUT2D eigenvalue weighted by Gasteiger charge is 2.20. The van der Waals surface area contributed by atoms with E-state index in [2.05, 4.69) is 24.5 Å². The number of rotatable bonds is 10. The number of amides is 1. The zero-order valence-corrected chi connectivity index (χ0v) is 13.5. The molecule has 1 unspecified atom stereocenters. The molecule has 0 spiro atoms. The molecule has 0 saturated carbocycles. The van der Waals surface area contributed by atoms with Crippen LogP contribution in [0.4, 0.5) is 0 Å². The molecule has 20 heavy (non-hydrogen) atoms. The molecule has 0 aliphatic carbocycles. The molecular weight excluding hydrogens is 248 g/mol. The van der Waals surface area contributed by atoms with Crippen molar-refractivity contribution in [1.82, 2.24) is 10.6 Å². The van der Waals surface area contributed by atoms with E-state index < -0.39 is 0 Å². The first-order valence-corrected chi connectivity index (χ1v) is 8.74. The van der Waals surface area contributed by atoms with Gasteiger partial charge in [-0.3, -0.25) is 4.79 Å². The zero-order chi connectivity index (χ0) is 14.6. The Morgan fingerprint density at radius 3 is 2.35 bits per heavy atom. The van der Waals surface area contributed by atoms with E-state index in [0.29, 0.717) is 18.4 Å². The van der Waals surface area contributed by atoms with Crippen LogP contribution < -0.4 is 10.6 Å². The van der Waals surface area contributed by atoms with Crippen LogP contribution in [-0.4, -0.2) is 25.0 Å². The lowest BCUT2D eigenvalue weighted by atomic mass is 9.91. The van der Waals surface area contributed by atoms with Crippen LogP contribution in [0, 0.1) is 5.92 Å². The minimum atomic E-state index is 0.254. The predicted octanol–water partition coefficient (Wildman–Crippen LogP) is 3.63. The van der Waals surface area contributed by atoms with Crippen molar-refractivity contribution in [2.45, 2.75) is 84.1 Å². The molecule has 3 heteroatoms.